The Morgan fingerprint density at radius 1 is 0.880 bits per heavy atom. The van der Waals surface area contributed by atoms with Crippen LogP contribution in [0.4, 0.5) is 0 Å². The lowest BCUT2D eigenvalue weighted by atomic mass is 9.98. The first-order valence-corrected chi connectivity index (χ1v) is 8.08. The van der Waals surface area contributed by atoms with Crippen molar-refractivity contribution in [1.29, 1.82) is 0 Å². The highest BCUT2D eigenvalue weighted by Crippen LogP contribution is 2.21. The highest BCUT2D eigenvalue weighted by Gasteiger charge is 2.24. The van der Waals surface area contributed by atoms with Gasteiger partial charge >= 0.3 is 11.8 Å². The minimum Gasteiger partial charge on any atom is -0.337 e. The molecule has 0 aliphatic carbocycles. The molecule has 25 heavy (non-hydrogen) atoms. The van der Waals surface area contributed by atoms with Gasteiger partial charge < -0.3 is 10.2 Å². The van der Waals surface area contributed by atoms with Crippen LogP contribution in [0.3, 0.4) is 0 Å². The van der Waals surface area contributed by atoms with E-state index in [-0.39, 0.29) is 0 Å². The van der Waals surface area contributed by atoms with Gasteiger partial charge in [0.15, 0.2) is 0 Å². The fourth-order valence-corrected chi connectivity index (χ4v) is 2.54. The van der Waals surface area contributed by atoms with Crippen molar-refractivity contribution >= 4 is 11.8 Å². The highest BCUT2D eigenvalue weighted by molar-refractivity contribution is 6.35. The first-order chi connectivity index (χ1) is 12.2. The van der Waals surface area contributed by atoms with E-state index in [1.165, 1.54) is 4.90 Å². The molecule has 128 valence electrons. The molecule has 2 amide bonds. The Morgan fingerprint density at radius 3 is 1.72 bits per heavy atom. The second kappa shape index (κ2) is 9.23. The maximum absolute atomic E-state index is 12.5. The highest BCUT2D eigenvalue weighted by atomic mass is 16.2. The molecular weight excluding hydrogens is 312 g/mol. The summed E-state index contributed by atoms with van der Waals surface area (Å²) in [5, 5.41) is 2.85. The molecular formula is C21H22N2O2. The topological polar surface area (TPSA) is 49.4 Å². The van der Waals surface area contributed by atoms with Crippen LogP contribution < -0.4 is 5.32 Å². The van der Waals surface area contributed by atoms with E-state index in [9.17, 15) is 9.59 Å². The van der Waals surface area contributed by atoms with Gasteiger partial charge in [0.1, 0.15) is 0 Å². The number of amides is 2. The van der Waals surface area contributed by atoms with Gasteiger partial charge in [-0.25, -0.2) is 0 Å². The van der Waals surface area contributed by atoms with Gasteiger partial charge in [-0.2, -0.15) is 0 Å². The molecule has 4 heteroatoms. The molecule has 0 aromatic heterocycles. The van der Waals surface area contributed by atoms with Crippen molar-refractivity contribution in [2.45, 2.75) is 6.04 Å². The lowest BCUT2D eigenvalue weighted by Crippen LogP contribution is -2.44. The van der Waals surface area contributed by atoms with Crippen LogP contribution in [0.2, 0.25) is 0 Å². The van der Waals surface area contributed by atoms with E-state index >= 15 is 0 Å². The molecule has 2 aromatic rings. The number of hydrogen-bond donors (Lipinski definition) is 1. The van der Waals surface area contributed by atoms with Gasteiger partial charge in [0.25, 0.3) is 0 Å². The summed E-state index contributed by atoms with van der Waals surface area (Å²) in [7, 11) is 0. The summed E-state index contributed by atoms with van der Waals surface area (Å²) in [6, 6.07) is 18.7. The number of rotatable bonds is 7. The van der Waals surface area contributed by atoms with E-state index in [0.717, 1.165) is 11.1 Å². The fourth-order valence-electron chi connectivity index (χ4n) is 2.54. The molecule has 0 bridgehead atoms. The number of benzene rings is 2. The Balaban J connectivity index is 2.24. The zero-order valence-electron chi connectivity index (χ0n) is 14.1. The zero-order valence-corrected chi connectivity index (χ0v) is 14.1. The monoisotopic (exact) mass is 334 g/mol. The maximum Gasteiger partial charge on any atom is 0.312 e. The first-order valence-electron chi connectivity index (χ1n) is 8.08. The zero-order chi connectivity index (χ0) is 18.1. The molecule has 0 radical (unpaired) electrons. The Labute approximate surface area is 148 Å². The standard InChI is InChI=1S/C21H22N2O2/c1-3-15-23(16-4-2)21(25)20(24)22-19(17-11-7-5-8-12-17)18-13-9-6-10-14-18/h3-14,19H,1-2,15-16H2,(H,22,24). The largest absolute Gasteiger partial charge is 0.337 e. The van der Waals surface area contributed by atoms with E-state index in [1.54, 1.807) is 12.2 Å². The molecule has 4 nitrogen and oxygen atoms in total. The number of hydrogen-bond acceptors (Lipinski definition) is 2. The minimum absolute atomic E-state index is 0.291. The van der Waals surface area contributed by atoms with Crippen molar-refractivity contribution in [3.8, 4) is 0 Å². The lowest BCUT2D eigenvalue weighted by molar-refractivity contribution is -0.145. The molecule has 0 fully saturated rings. The second-order valence-electron chi connectivity index (χ2n) is 5.52. The van der Waals surface area contributed by atoms with Crippen molar-refractivity contribution in [1.82, 2.24) is 10.2 Å². The van der Waals surface area contributed by atoms with Crippen LogP contribution in [0, 0.1) is 0 Å². The molecule has 2 rings (SSSR count). The Kier molecular flexibility index (Phi) is 6.72. The van der Waals surface area contributed by atoms with Crippen LogP contribution in [-0.2, 0) is 9.59 Å². The third-order valence-electron chi connectivity index (χ3n) is 3.72. The van der Waals surface area contributed by atoms with Gasteiger partial charge in [0.2, 0.25) is 0 Å². The van der Waals surface area contributed by atoms with E-state index in [1.807, 2.05) is 60.7 Å². The van der Waals surface area contributed by atoms with Gasteiger partial charge in [-0.3, -0.25) is 9.59 Å². The Bertz CT molecular complexity index is 677. The predicted molar refractivity (Wildman–Crippen MR) is 99.8 cm³/mol. The molecule has 0 aliphatic heterocycles. The maximum atomic E-state index is 12.5. The average molecular weight is 334 g/mol. The van der Waals surface area contributed by atoms with Gasteiger partial charge in [-0.15, -0.1) is 13.2 Å². The van der Waals surface area contributed by atoms with Gasteiger partial charge in [-0.05, 0) is 11.1 Å². The first kappa shape index (κ1) is 18.2. The van der Waals surface area contributed by atoms with Crippen LogP contribution in [0.25, 0.3) is 0 Å². The molecule has 0 heterocycles. The fraction of sp³-hybridized carbons (Fsp3) is 0.143. The molecule has 0 saturated carbocycles. The Morgan fingerprint density at radius 2 is 1.32 bits per heavy atom. The predicted octanol–water partition coefficient (Wildman–Crippen LogP) is 3.09. The lowest BCUT2D eigenvalue weighted by Gasteiger charge is -2.23. The number of carbonyl (C=O) groups excluding carboxylic acids is 2. The third kappa shape index (κ3) is 4.91. The van der Waals surface area contributed by atoms with Crippen molar-refractivity contribution in [3.63, 3.8) is 0 Å². The van der Waals surface area contributed by atoms with Gasteiger partial charge in [0, 0.05) is 13.1 Å². The summed E-state index contributed by atoms with van der Waals surface area (Å²) in [4.78, 5) is 26.4. The van der Waals surface area contributed by atoms with Crippen LogP contribution >= 0.6 is 0 Å². The number of nitrogens with one attached hydrogen (secondary N) is 1. The van der Waals surface area contributed by atoms with Crippen molar-refractivity contribution < 1.29 is 9.59 Å². The average Bonchev–Trinajstić information content (AvgIpc) is 2.66. The summed E-state index contributed by atoms with van der Waals surface area (Å²) >= 11 is 0. The summed E-state index contributed by atoms with van der Waals surface area (Å²) in [6.07, 6.45) is 3.17. The quantitative estimate of drug-likeness (QED) is 0.625. The molecule has 0 spiro atoms. The second-order valence-corrected chi connectivity index (χ2v) is 5.52. The number of carbonyl (C=O) groups is 2. The number of nitrogens with zero attached hydrogens (tertiary/aromatic N) is 1. The molecule has 0 saturated heterocycles. The van der Waals surface area contributed by atoms with Crippen LogP contribution in [0.15, 0.2) is 86.0 Å². The molecule has 0 unspecified atom stereocenters. The smallest absolute Gasteiger partial charge is 0.312 e. The minimum atomic E-state index is -0.651. The normalized spacial score (nSPS) is 10.1. The summed E-state index contributed by atoms with van der Waals surface area (Å²) in [5.41, 5.74) is 1.82. The summed E-state index contributed by atoms with van der Waals surface area (Å²) < 4.78 is 0. The van der Waals surface area contributed by atoms with E-state index in [0.29, 0.717) is 13.1 Å². The molecule has 2 aromatic carbocycles. The Hall–Kier alpha value is -3.14. The SMILES string of the molecule is C=CCN(CC=C)C(=O)C(=O)NC(c1ccccc1)c1ccccc1. The van der Waals surface area contributed by atoms with Crippen molar-refractivity contribution in [2.75, 3.05) is 13.1 Å². The summed E-state index contributed by atoms with van der Waals surface area (Å²) in [5.74, 6) is -1.25. The third-order valence-corrected chi connectivity index (χ3v) is 3.72. The van der Waals surface area contributed by atoms with Crippen LogP contribution in [-0.4, -0.2) is 29.8 Å². The molecule has 0 atom stereocenters. The molecule has 0 aliphatic rings. The van der Waals surface area contributed by atoms with Crippen molar-refractivity contribution in [2.24, 2.45) is 0 Å². The van der Waals surface area contributed by atoms with Crippen LogP contribution in [0.1, 0.15) is 17.2 Å². The summed E-state index contributed by atoms with van der Waals surface area (Å²) in [6.45, 7) is 7.82. The van der Waals surface area contributed by atoms with E-state index < -0.39 is 17.9 Å². The van der Waals surface area contributed by atoms with E-state index in [4.69, 9.17) is 0 Å². The van der Waals surface area contributed by atoms with Crippen molar-refractivity contribution in [3.05, 3.63) is 97.1 Å². The van der Waals surface area contributed by atoms with Gasteiger partial charge in [-0.1, -0.05) is 72.8 Å². The van der Waals surface area contributed by atoms with Gasteiger partial charge in [0.05, 0.1) is 6.04 Å². The van der Waals surface area contributed by atoms with E-state index in [2.05, 4.69) is 18.5 Å². The molecule has 1 N–H and O–H groups in total. The van der Waals surface area contributed by atoms with Crippen LogP contribution in [0.5, 0.6) is 0 Å².